The molecule has 0 heterocycles. The lowest BCUT2D eigenvalue weighted by atomic mass is 9.31. The molecule has 0 aromatic heterocycles. The Morgan fingerprint density at radius 3 is 2.19 bits per heavy atom. The molecule has 196 valence electrons. The predicted octanol–water partition coefficient (Wildman–Crippen LogP) is 5.77. The molecule has 0 aromatic carbocycles. The van der Waals surface area contributed by atoms with E-state index in [1.54, 1.807) is 0 Å². The molecular weight excluding hydrogens is 448 g/mol. The minimum atomic E-state index is -0.627. The number of amides is 1. The molecule has 4 saturated carbocycles. The van der Waals surface area contributed by atoms with Crippen LogP contribution in [0.1, 0.15) is 99.8 Å². The lowest BCUT2D eigenvalue weighted by Gasteiger charge is -2.71. The van der Waals surface area contributed by atoms with Crippen LogP contribution in [0.4, 0.5) is 0 Å². The number of rotatable bonds is 1. The van der Waals surface area contributed by atoms with Crippen molar-refractivity contribution >= 4 is 17.5 Å². The van der Waals surface area contributed by atoms with Gasteiger partial charge in [-0.25, -0.2) is 0 Å². The molecule has 0 aliphatic heterocycles. The number of nitrogens with two attached hydrogens (primary N) is 1. The van der Waals surface area contributed by atoms with Crippen LogP contribution in [0.15, 0.2) is 11.6 Å². The number of nitrogens with zero attached hydrogens (tertiary/aromatic N) is 1. The molecule has 36 heavy (non-hydrogen) atoms. The number of hydrogen-bond donors (Lipinski definition) is 1. The Kier molecular flexibility index (Phi) is 5.23. The summed E-state index contributed by atoms with van der Waals surface area (Å²) in [6, 6.07) is 2.19. The zero-order valence-corrected chi connectivity index (χ0v) is 23.3. The van der Waals surface area contributed by atoms with Gasteiger partial charge in [0.15, 0.2) is 5.78 Å². The number of fused-ring (bicyclic) bond motifs is 7. The highest BCUT2D eigenvalue weighted by Gasteiger charge is 2.72. The average Bonchev–Trinajstić information content (AvgIpc) is 2.77. The van der Waals surface area contributed by atoms with Crippen LogP contribution in [-0.2, 0) is 14.4 Å². The van der Waals surface area contributed by atoms with Crippen molar-refractivity contribution in [2.75, 3.05) is 0 Å². The number of carbonyl (C=O) groups is 3. The lowest BCUT2D eigenvalue weighted by molar-refractivity contribution is -0.221. The van der Waals surface area contributed by atoms with E-state index in [0.29, 0.717) is 6.42 Å². The summed E-state index contributed by atoms with van der Waals surface area (Å²) in [4.78, 5) is 40.6. The highest BCUT2D eigenvalue weighted by molar-refractivity contribution is 6.04. The highest BCUT2D eigenvalue weighted by atomic mass is 16.1. The van der Waals surface area contributed by atoms with Crippen molar-refractivity contribution in [1.29, 1.82) is 5.26 Å². The topological polar surface area (TPSA) is 101 Å². The maximum absolute atomic E-state index is 14.4. The molecule has 4 fully saturated rings. The van der Waals surface area contributed by atoms with Gasteiger partial charge in [0, 0.05) is 17.8 Å². The van der Waals surface area contributed by atoms with E-state index in [4.69, 9.17) is 5.73 Å². The molecule has 5 nitrogen and oxygen atoms in total. The highest BCUT2D eigenvalue weighted by Crippen LogP contribution is 2.75. The summed E-state index contributed by atoms with van der Waals surface area (Å²) in [7, 11) is 0. The standard InChI is InChI=1S/C31H44N2O3/c1-26(2)10-12-31(25(33)36)13-11-30(7)23(19(31)16-26)20(34)14-22-28(5)15-18(17-32)24(35)27(3,4)21(28)8-9-29(22,30)6/h15,19,21-23H,8-14,16H2,1-7H3,(H2,33,36)/t19?,21?,22-,23?,28+,29-,30-,31+/m1/s1. The largest absolute Gasteiger partial charge is 0.369 e. The Morgan fingerprint density at radius 2 is 1.58 bits per heavy atom. The molecule has 5 heteroatoms. The molecule has 0 saturated heterocycles. The predicted molar refractivity (Wildman–Crippen MR) is 138 cm³/mol. The van der Waals surface area contributed by atoms with Gasteiger partial charge in [0.1, 0.15) is 11.9 Å². The molecular formula is C31H44N2O3. The summed E-state index contributed by atoms with van der Waals surface area (Å²) in [5.74, 6) is -0.0178. The minimum absolute atomic E-state index is 0.0112. The number of primary amides is 1. The second kappa shape index (κ2) is 7.33. The van der Waals surface area contributed by atoms with E-state index in [2.05, 4.69) is 40.7 Å². The Morgan fingerprint density at radius 1 is 0.944 bits per heavy atom. The zero-order chi connectivity index (χ0) is 26.7. The first-order valence-electron chi connectivity index (χ1n) is 14.0. The van der Waals surface area contributed by atoms with Crippen LogP contribution in [0, 0.1) is 67.5 Å². The summed E-state index contributed by atoms with van der Waals surface area (Å²) in [5, 5.41) is 9.86. The Labute approximate surface area is 216 Å². The molecule has 5 rings (SSSR count). The second-order valence-corrected chi connectivity index (χ2v) is 15.2. The maximum atomic E-state index is 14.4. The summed E-state index contributed by atoms with van der Waals surface area (Å²) in [6.07, 6.45) is 8.47. The molecule has 0 spiro atoms. The zero-order valence-electron chi connectivity index (χ0n) is 23.3. The minimum Gasteiger partial charge on any atom is -0.369 e. The monoisotopic (exact) mass is 492 g/mol. The van der Waals surface area contributed by atoms with E-state index < -0.39 is 16.2 Å². The Hall–Kier alpha value is -1.96. The molecule has 5 aliphatic rings. The lowest BCUT2D eigenvalue weighted by Crippen LogP contribution is -2.69. The number of ketones is 2. The molecule has 8 atom stereocenters. The molecule has 2 N–H and O–H groups in total. The number of carbonyl (C=O) groups excluding carboxylic acids is 3. The third-order valence-electron chi connectivity index (χ3n) is 13.0. The third kappa shape index (κ3) is 2.91. The van der Waals surface area contributed by atoms with Crippen LogP contribution >= 0.6 is 0 Å². The van der Waals surface area contributed by atoms with Gasteiger partial charge in [-0.15, -0.1) is 0 Å². The van der Waals surface area contributed by atoms with Crippen LogP contribution in [-0.4, -0.2) is 17.5 Å². The summed E-state index contributed by atoms with van der Waals surface area (Å²) in [5.41, 5.74) is 4.50. The molecule has 0 aromatic rings. The van der Waals surface area contributed by atoms with E-state index in [-0.39, 0.29) is 63.0 Å². The first-order chi connectivity index (χ1) is 16.5. The second-order valence-electron chi connectivity index (χ2n) is 15.2. The van der Waals surface area contributed by atoms with Gasteiger partial charge in [-0.2, -0.15) is 5.26 Å². The van der Waals surface area contributed by atoms with Gasteiger partial charge >= 0.3 is 0 Å². The van der Waals surface area contributed by atoms with Crippen LogP contribution in [0.25, 0.3) is 0 Å². The van der Waals surface area contributed by atoms with Crippen LogP contribution in [0.2, 0.25) is 0 Å². The van der Waals surface area contributed by atoms with Crippen molar-refractivity contribution in [1.82, 2.24) is 0 Å². The number of Topliss-reactive ketones (excluding diaryl/α,β-unsaturated/α-hetero) is 2. The van der Waals surface area contributed by atoms with Gasteiger partial charge in [-0.1, -0.05) is 54.5 Å². The Bertz CT molecular complexity index is 1130. The van der Waals surface area contributed by atoms with E-state index in [1.165, 1.54) is 0 Å². The quantitative estimate of drug-likeness (QED) is 0.502. The van der Waals surface area contributed by atoms with Crippen LogP contribution < -0.4 is 5.73 Å². The molecule has 3 unspecified atom stereocenters. The van der Waals surface area contributed by atoms with Crippen molar-refractivity contribution in [3.63, 3.8) is 0 Å². The summed E-state index contributed by atoms with van der Waals surface area (Å²) in [6.45, 7) is 15.4. The smallest absolute Gasteiger partial charge is 0.223 e. The Balaban J connectivity index is 1.65. The average molecular weight is 493 g/mol. The van der Waals surface area contributed by atoms with Gasteiger partial charge in [0.05, 0.1) is 11.0 Å². The van der Waals surface area contributed by atoms with Crippen LogP contribution in [0.3, 0.4) is 0 Å². The summed E-state index contributed by atoms with van der Waals surface area (Å²) < 4.78 is 0. The van der Waals surface area contributed by atoms with Gasteiger partial charge in [0.25, 0.3) is 0 Å². The molecule has 1 amide bonds. The third-order valence-corrected chi connectivity index (χ3v) is 13.0. The van der Waals surface area contributed by atoms with E-state index in [9.17, 15) is 19.6 Å². The van der Waals surface area contributed by atoms with Crippen molar-refractivity contribution < 1.29 is 14.4 Å². The van der Waals surface area contributed by atoms with Crippen molar-refractivity contribution in [2.45, 2.75) is 99.8 Å². The maximum Gasteiger partial charge on any atom is 0.223 e. The molecule has 5 aliphatic carbocycles. The van der Waals surface area contributed by atoms with Gasteiger partial charge in [-0.3, -0.25) is 14.4 Å². The van der Waals surface area contributed by atoms with E-state index in [0.717, 1.165) is 44.9 Å². The first kappa shape index (κ1) is 25.7. The van der Waals surface area contributed by atoms with E-state index >= 15 is 0 Å². The van der Waals surface area contributed by atoms with Gasteiger partial charge < -0.3 is 5.73 Å². The van der Waals surface area contributed by atoms with Gasteiger partial charge in [-0.05, 0) is 84.4 Å². The number of hydrogen-bond acceptors (Lipinski definition) is 4. The molecule has 0 radical (unpaired) electrons. The van der Waals surface area contributed by atoms with Crippen molar-refractivity contribution in [3.05, 3.63) is 11.6 Å². The fourth-order valence-corrected chi connectivity index (χ4v) is 10.7. The fraction of sp³-hybridized carbons (Fsp3) is 0.806. The van der Waals surface area contributed by atoms with E-state index in [1.807, 2.05) is 19.9 Å². The number of nitriles is 1. The van der Waals surface area contributed by atoms with Crippen molar-refractivity contribution in [3.8, 4) is 6.07 Å². The fourth-order valence-electron chi connectivity index (χ4n) is 10.7. The SMILES string of the molecule is CC1(C)CC[C@]2(C(N)=O)CC[C@]3(C)C(C(=O)C[C@@H]4[C@@]5(C)C=C(C#N)C(=O)C(C)(C)C5CC[C@]43C)C2C1. The summed E-state index contributed by atoms with van der Waals surface area (Å²) >= 11 is 0. The normalized spacial score (nSPS) is 48.9. The van der Waals surface area contributed by atoms with Gasteiger partial charge in [0.2, 0.25) is 5.91 Å². The first-order valence-corrected chi connectivity index (χ1v) is 14.0. The van der Waals surface area contributed by atoms with Crippen molar-refractivity contribution in [2.24, 2.45) is 61.9 Å². The number of allylic oxidation sites excluding steroid dienone is 2. The van der Waals surface area contributed by atoms with Crippen LogP contribution in [0.5, 0.6) is 0 Å². The molecule has 0 bridgehead atoms.